The summed E-state index contributed by atoms with van der Waals surface area (Å²) in [5.41, 5.74) is 1.10. The maximum absolute atomic E-state index is 6.10. The van der Waals surface area contributed by atoms with E-state index in [-0.39, 0.29) is 24.0 Å². The highest BCUT2D eigenvalue weighted by Gasteiger charge is 2.10. The van der Waals surface area contributed by atoms with Crippen LogP contribution < -0.4 is 15.4 Å². The fraction of sp³-hybridized carbons (Fsp3) is 0.611. The molecule has 1 heterocycles. The Hall–Kier alpha value is -0.770. The van der Waals surface area contributed by atoms with Crippen LogP contribution in [0.4, 0.5) is 0 Å². The Bertz CT molecular complexity index is 554. The molecular formula is C18H30ClIN4O2. The van der Waals surface area contributed by atoms with E-state index in [1.165, 1.54) is 0 Å². The molecule has 2 rings (SSSR count). The minimum Gasteiger partial charge on any atom is -0.494 e. The average Bonchev–Trinajstić information content (AvgIpc) is 2.63. The van der Waals surface area contributed by atoms with Gasteiger partial charge in [-0.1, -0.05) is 11.6 Å². The summed E-state index contributed by atoms with van der Waals surface area (Å²) < 4.78 is 11.0. The summed E-state index contributed by atoms with van der Waals surface area (Å²) >= 11 is 6.10. The molecule has 0 unspecified atom stereocenters. The molecule has 148 valence electrons. The molecule has 0 atom stereocenters. The summed E-state index contributed by atoms with van der Waals surface area (Å²) in [6, 6.07) is 5.75. The molecule has 26 heavy (non-hydrogen) atoms. The highest BCUT2D eigenvalue weighted by atomic mass is 127. The Morgan fingerprint density at radius 2 is 2.00 bits per heavy atom. The lowest BCUT2D eigenvalue weighted by Crippen LogP contribution is -2.44. The summed E-state index contributed by atoms with van der Waals surface area (Å²) in [6.07, 6.45) is 0.820. The van der Waals surface area contributed by atoms with Gasteiger partial charge < -0.3 is 20.1 Å². The molecule has 6 nitrogen and oxygen atoms in total. The largest absolute Gasteiger partial charge is 0.494 e. The van der Waals surface area contributed by atoms with Crippen molar-refractivity contribution in [3.63, 3.8) is 0 Å². The number of nitrogens with zero attached hydrogens (tertiary/aromatic N) is 2. The van der Waals surface area contributed by atoms with Gasteiger partial charge in [-0.2, -0.15) is 0 Å². The van der Waals surface area contributed by atoms with Gasteiger partial charge in [0.1, 0.15) is 5.75 Å². The molecule has 1 fully saturated rings. The van der Waals surface area contributed by atoms with Crippen molar-refractivity contribution in [3.05, 3.63) is 28.8 Å². The van der Waals surface area contributed by atoms with E-state index >= 15 is 0 Å². The van der Waals surface area contributed by atoms with Crippen LogP contribution in [0.3, 0.4) is 0 Å². The lowest BCUT2D eigenvalue weighted by atomic mass is 10.1. The van der Waals surface area contributed by atoms with Gasteiger partial charge in [-0.3, -0.25) is 9.89 Å². The molecular weight excluding hydrogens is 467 g/mol. The second-order valence-electron chi connectivity index (χ2n) is 5.81. The SMILES string of the molecule is CCOc1ccc(Cl)cc1CCNC(=NC)NCCN1CCOCC1.I. The first-order chi connectivity index (χ1) is 12.2. The number of rotatable bonds is 8. The van der Waals surface area contributed by atoms with E-state index in [1.807, 2.05) is 25.1 Å². The number of halogens is 2. The fourth-order valence-corrected chi connectivity index (χ4v) is 2.93. The smallest absolute Gasteiger partial charge is 0.191 e. The van der Waals surface area contributed by atoms with Crippen LogP contribution in [0, 0.1) is 0 Å². The van der Waals surface area contributed by atoms with E-state index in [4.69, 9.17) is 21.1 Å². The third kappa shape index (κ3) is 8.28. The van der Waals surface area contributed by atoms with Crippen LogP contribution in [0.25, 0.3) is 0 Å². The zero-order chi connectivity index (χ0) is 17.9. The molecule has 2 N–H and O–H groups in total. The van der Waals surface area contributed by atoms with E-state index < -0.39 is 0 Å². The van der Waals surface area contributed by atoms with E-state index in [1.54, 1.807) is 7.05 Å². The first kappa shape index (κ1) is 23.3. The maximum Gasteiger partial charge on any atom is 0.191 e. The van der Waals surface area contributed by atoms with Crippen LogP contribution in [-0.4, -0.2) is 70.5 Å². The Balaban J connectivity index is 0.00000338. The van der Waals surface area contributed by atoms with E-state index in [0.717, 1.165) is 74.7 Å². The van der Waals surface area contributed by atoms with Crippen molar-refractivity contribution in [2.75, 3.05) is 59.6 Å². The van der Waals surface area contributed by atoms with Gasteiger partial charge in [-0.25, -0.2) is 0 Å². The molecule has 0 aromatic heterocycles. The second-order valence-corrected chi connectivity index (χ2v) is 6.25. The topological polar surface area (TPSA) is 58.1 Å². The number of hydrogen-bond acceptors (Lipinski definition) is 4. The van der Waals surface area contributed by atoms with Gasteiger partial charge in [0.05, 0.1) is 19.8 Å². The number of morpholine rings is 1. The zero-order valence-corrected chi connectivity index (χ0v) is 18.7. The minimum atomic E-state index is 0. The lowest BCUT2D eigenvalue weighted by Gasteiger charge is -2.26. The zero-order valence-electron chi connectivity index (χ0n) is 15.6. The summed E-state index contributed by atoms with van der Waals surface area (Å²) in [4.78, 5) is 6.67. The lowest BCUT2D eigenvalue weighted by molar-refractivity contribution is 0.0389. The monoisotopic (exact) mass is 496 g/mol. The van der Waals surface area contributed by atoms with Gasteiger partial charge in [-0.15, -0.1) is 24.0 Å². The van der Waals surface area contributed by atoms with E-state index in [0.29, 0.717) is 6.61 Å². The highest BCUT2D eigenvalue weighted by molar-refractivity contribution is 14.0. The predicted octanol–water partition coefficient (Wildman–Crippen LogP) is 2.40. The van der Waals surface area contributed by atoms with Gasteiger partial charge in [0, 0.05) is 44.8 Å². The third-order valence-electron chi connectivity index (χ3n) is 4.06. The quantitative estimate of drug-likeness (QED) is 0.329. The Morgan fingerprint density at radius 3 is 2.69 bits per heavy atom. The minimum absolute atomic E-state index is 0. The number of ether oxygens (including phenoxy) is 2. The van der Waals surface area contributed by atoms with Crippen LogP contribution in [-0.2, 0) is 11.2 Å². The summed E-state index contributed by atoms with van der Waals surface area (Å²) in [6.45, 7) is 8.91. The van der Waals surface area contributed by atoms with Crippen molar-refractivity contribution < 1.29 is 9.47 Å². The molecule has 0 aliphatic carbocycles. The van der Waals surface area contributed by atoms with Gasteiger partial charge >= 0.3 is 0 Å². The van der Waals surface area contributed by atoms with Crippen molar-refractivity contribution in [1.29, 1.82) is 0 Å². The van der Waals surface area contributed by atoms with Crippen molar-refractivity contribution in [2.24, 2.45) is 4.99 Å². The molecule has 1 saturated heterocycles. The molecule has 1 aliphatic heterocycles. The number of hydrogen-bond donors (Lipinski definition) is 2. The molecule has 0 spiro atoms. The molecule has 0 radical (unpaired) electrons. The van der Waals surface area contributed by atoms with Gasteiger partial charge in [0.25, 0.3) is 0 Å². The first-order valence-electron chi connectivity index (χ1n) is 8.88. The van der Waals surface area contributed by atoms with Crippen molar-refractivity contribution in [3.8, 4) is 5.75 Å². The molecule has 0 amide bonds. The van der Waals surface area contributed by atoms with E-state index in [9.17, 15) is 0 Å². The molecule has 1 aliphatic rings. The molecule has 8 heteroatoms. The maximum atomic E-state index is 6.10. The standard InChI is InChI=1S/C18H29ClN4O2.HI/c1-3-25-17-5-4-16(19)14-15(17)6-7-21-18(20-2)22-8-9-23-10-12-24-13-11-23;/h4-5,14H,3,6-13H2,1-2H3,(H2,20,21,22);1H. The molecule has 1 aromatic rings. The van der Waals surface area contributed by atoms with Crippen LogP contribution in [0.15, 0.2) is 23.2 Å². The normalized spacial score (nSPS) is 15.3. The first-order valence-corrected chi connectivity index (χ1v) is 9.26. The van der Waals surface area contributed by atoms with Gasteiger partial charge in [0.15, 0.2) is 5.96 Å². The van der Waals surface area contributed by atoms with Crippen molar-refractivity contribution in [1.82, 2.24) is 15.5 Å². The summed E-state index contributed by atoms with van der Waals surface area (Å²) in [5.74, 6) is 1.71. The van der Waals surface area contributed by atoms with Crippen LogP contribution in [0.2, 0.25) is 5.02 Å². The van der Waals surface area contributed by atoms with Crippen LogP contribution in [0.1, 0.15) is 12.5 Å². The van der Waals surface area contributed by atoms with Gasteiger partial charge in [0.2, 0.25) is 0 Å². The Morgan fingerprint density at radius 1 is 1.27 bits per heavy atom. The second kappa shape index (κ2) is 13.4. The van der Waals surface area contributed by atoms with Gasteiger partial charge in [-0.05, 0) is 37.1 Å². The highest BCUT2D eigenvalue weighted by Crippen LogP contribution is 2.23. The number of nitrogens with one attached hydrogen (secondary N) is 2. The molecule has 1 aromatic carbocycles. The average molecular weight is 497 g/mol. The summed E-state index contributed by atoms with van der Waals surface area (Å²) in [7, 11) is 1.79. The number of benzene rings is 1. The van der Waals surface area contributed by atoms with Crippen LogP contribution in [0.5, 0.6) is 5.75 Å². The number of guanidine groups is 1. The van der Waals surface area contributed by atoms with Crippen LogP contribution >= 0.6 is 35.6 Å². The summed E-state index contributed by atoms with van der Waals surface area (Å²) in [5, 5.41) is 7.42. The molecule has 0 saturated carbocycles. The predicted molar refractivity (Wildman–Crippen MR) is 118 cm³/mol. The molecule has 0 bridgehead atoms. The Labute approximate surface area is 178 Å². The fourth-order valence-electron chi connectivity index (χ4n) is 2.73. The number of aliphatic imine (C=N–C) groups is 1. The van der Waals surface area contributed by atoms with Crippen molar-refractivity contribution in [2.45, 2.75) is 13.3 Å². The van der Waals surface area contributed by atoms with E-state index in [2.05, 4.69) is 20.5 Å². The van der Waals surface area contributed by atoms with Crippen molar-refractivity contribution >= 4 is 41.5 Å². The third-order valence-corrected chi connectivity index (χ3v) is 4.29. The Kier molecular flexibility index (Phi) is 12.0.